The SMILES string of the molecule is CC1C2(C)OC(=N)C1(C#N)C(C#N)(C#N)C(c1ccc(OC(F)(F)F)cc1)O2. The summed E-state index contributed by atoms with van der Waals surface area (Å²) >= 11 is 0. The standard InChI is InChI=1S/C18H13F3N4O3/c1-10-15(2)27-13(11-3-5-12(6-4-11)26-18(19,20)21)16(7-22,8-23)17(10,9-24)14(25)28-15/h3-6,10,13,25H,1-2H3. The summed E-state index contributed by atoms with van der Waals surface area (Å²) in [6.45, 7) is 3.03. The zero-order valence-corrected chi connectivity index (χ0v) is 14.7. The van der Waals surface area contributed by atoms with Crippen LogP contribution in [0.15, 0.2) is 24.3 Å². The Morgan fingerprint density at radius 3 is 2.14 bits per heavy atom. The summed E-state index contributed by atoms with van der Waals surface area (Å²) in [4.78, 5) is 0. The average molecular weight is 390 g/mol. The fourth-order valence-electron chi connectivity index (χ4n) is 3.85. The maximum Gasteiger partial charge on any atom is 0.573 e. The molecule has 2 saturated heterocycles. The van der Waals surface area contributed by atoms with E-state index in [-0.39, 0.29) is 5.56 Å². The number of nitrogens with zero attached hydrogens (tertiary/aromatic N) is 3. The molecule has 144 valence electrons. The van der Waals surface area contributed by atoms with Crippen molar-refractivity contribution in [2.45, 2.75) is 32.1 Å². The number of hydrogen-bond acceptors (Lipinski definition) is 7. The Kier molecular flexibility index (Phi) is 4.07. The molecule has 4 unspecified atom stereocenters. The summed E-state index contributed by atoms with van der Waals surface area (Å²) in [6, 6.07) is 10.0. The van der Waals surface area contributed by atoms with Gasteiger partial charge >= 0.3 is 6.36 Å². The normalized spacial score (nSPS) is 33.1. The Labute approximate surface area is 157 Å². The first-order valence-corrected chi connectivity index (χ1v) is 8.05. The summed E-state index contributed by atoms with van der Waals surface area (Å²) in [6.07, 6.45) is -6.21. The molecular weight excluding hydrogens is 377 g/mol. The Bertz CT molecular complexity index is 943. The van der Waals surface area contributed by atoms with E-state index in [4.69, 9.17) is 14.9 Å². The molecule has 28 heavy (non-hydrogen) atoms. The highest BCUT2D eigenvalue weighted by atomic mass is 19.4. The smallest absolute Gasteiger partial charge is 0.448 e. The highest BCUT2D eigenvalue weighted by molar-refractivity contribution is 5.89. The van der Waals surface area contributed by atoms with Crippen molar-refractivity contribution < 1.29 is 27.4 Å². The van der Waals surface area contributed by atoms with Crippen LogP contribution in [0.2, 0.25) is 0 Å². The molecule has 7 nitrogen and oxygen atoms in total. The largest absolute Gasteiger partial charge is 0.573 e. The molecule has 3 rings (SSSR count). The number of hydrogen-bond donors (Lipinski definition) is 1. The molecule has 0 amide bonds. The highest BCUT2D eigenvalue weighted by Crippen LogP contribution is 2.66. The Morgan fingerprint density at radius 1 is 1.11 bits per heavy atom. The fraction of sp³-hybridized carbons (Fsp3) is 0.444. The minimum absolute atomic E-state index is 0.175. The van der Waals surface area contributed by atoms with E-state index < -0.39 is 46.6 Å². The molecule has 4 atom stereocenters. The molecule has 0 aromatic heterocycles. The van der Waals surface area contributed by atoms with Gasteiger partial charge in [0, 0.05) is 6.92 Å². The van der Waals surface area contributed by atoms with Gasteiger partial charge in [-0.2, -0.15) is 15.8 Å². The van der Waals surface area contributed by atoms with Gasteiger partial charge in [-0.25, -0.2) is 0 Å². The third kappa shape index (κ3) is 2.33. The second-order valence-corrected chi connectivity index (χ2v) is 6.73. The molecule has 1 aromatic rings. The van der Waals surface area contributed by atoms with Gasteiger partial charge in [-0.15, -0.1) is 13.2 Å². The predicted molar refractivity (Wildman–Crippen MR) is 85.0 cm³/mol. The van der Waals surface area contributed by atoms with Crippen molar-refractivity contribution in [3.05, 3.63) is 29.8 Å². The Hall–Kier alpha value is -3.29. The van der Waals surface area contributed by atoms with Crippen LogP contribution in [-0.4, -0.2) is 18.0 Å². The van der Waals surface area contributed by atoms with Crippen molar-refractivity contribution in [3.8, 4) is 24.0 Å². The first-order valence-electron chi connectivity index (χ1n) is 8.05. The van der Waals surface area contributed by atoms with Crippen molar-refractivity contribution in [2.75, 3.05) is 0 Å². The van der Waals surface area contributed by atoms with Crippen LogP contribution in [-0.2, 0) is 9.47 Å². The summed E-state index contributed by atoms with van der Waals surface area (Å²) < 4.78 is 52.2. The first kappa shape index (κ1) is 19.5. The van der Waals surface area contributed by atoms with Crippen molar-refractivity contribution in [2.24, 2.45) is 16.7 Å². The van der Waals surface area contributed by atoms with Gasteiger partial charge in [-0.05, 0) is 17.7 Å². The lowest BCUT2D eigenvalue weighted by atomic mass is 9.54. The molecule has 1 aromatic carbocycles. The van der Waals surface area contributed by atoms with Crippen LogP contribution in [0.25, 0.3) is 0 Å². The van der Waals surface area contributed by atoms with Crippen molar-refractivity contribution in [1.82, 2.24) is 0 Å². The van der Waals surface area contributed by atoms with E-state index in [1.165, 1.54) is 19.1 Å². The molecule has 0 saturated carbocycles. The second kappa shape index (κ2) is 5.85. The lowest BCUT2D eigenvalue weighted by Gasteiger charge is -2.47. The van der Waals surface area contributed by atoms with Crippen LogP contribution in [0.1, 0.15) is 25.5 Å². The average Bonchev–Trinajstić information content (AvgIpc) is 2.77. The van der Waals surface area contributed by atoms with E-state index in [1.54, 1.807) is 6.92 Å². The van der Waals surface area contributed by atoms with Crippen LogP contribution in [0.5, 0.6) is 5.75 Å². The van der Waals surface area contributed by atoms with Gasteiger partial charge < -0.3 is 14.2 Å². The zero-order valence-electron chi connectivity index (χ0n) is 14.7. The number of benzene rings is 1. The minimum atomic E-state index is -4.87. The molecule has 10 heteroatoms. The monoisotopic (exact) mass is 390 g/mol. The molecule has 2 bridgehead atoms. The quantitative estimate of drug-likeness (QED) is 0.824. The topological polar surface area (TPSA) is 123 Å². The summed E-state index contributed by atoms with van der Waals surface area (Å²) in [5.74, 6) is -3.32. The van der Waals surface area contributed by atoms with Gasteiger partial charge in [0.1, 0.15) is 11.9 Å². The van der Waals surface area contributed by atoms with Gasteiger partial charge in [0.2, 0.25) is 17.1 Å². The molecule has 0 spiro atoms. The fourth-order valence-corrected chi connectivity index (χ4v) is 3.85. The predicted octanol–water partition coefficient (Wildman–Crippen LogP) is 3.56. The van der Waals surface area contributed by atoms with E-state index >= 15 is 0 Å². The molecule has 2 fully saturated rings. The van der Waals surface area contributed by atoms with Crippen LogP contribution in [0, 0.1) is 56.2 Å². The van der Waals surface area contributed by atoms with Gasteiger partial charge in [0.15, 0.2) is 5.41 Å². The Morgan fingerprint density at radius 2 is 1.68 bits per heavy atom. The number of alkyl halides is 3. The maximum atomic E-state index is 12.4. The lowest BCUT2D eigenvalue weighted by Crippen LogP contribution is -2.57. The van der Waals surface area contributed by atoms with Crippen LogP contribution >= 0.6 is 0 Å². The van der Waals surface area contributed by atoms with Gasteiger partial charge in [0.05, 0.1) is 24.1 Å². The third-order valence-electron chi connectivity index (χ3n) is 5.41. The highest BCUT2D eigenvalue weighted by Gasteiger charge is 2.78. The van der Waals surface area contributed by atoms with E-state index in [0.717, 1.165) is 12.1 Å². The third-order valence-corrected chi connectivity index (χ3v) is 5.41. The first-order chi connectivity index (χ1) is 13.0. The van der Waals surface area contributed by atoms with Gasteiger partial charge in [0.25, 0.3) is 0 Å². The molecule has 0 aliphatic carbocycles. The molecular formula is C18H13F3N4O3. The second-order valence-electron chi connectivity index (χ2n) is 6.73. The molecule has 2 aliphatic rings. The number of fused-ring (bicyclic) bond motifs is 2. The summed E-state index contributed by atoms with van der Waals surface area (Å²) in [5, 5.41) is 37.8. The van der Waals surface area contributed by atoms with Crippen LogP contribution in [0.3, 0.4) is 0 Å². The van der Waals surface area contributed by atoms with Gasteiger partial charge in [-0.1, -0.05) is 19.1 Å². The molecule has 1 N–H and O–H groups in total. The van der Waals surface area contributed by atoms with E-state index in [1.807, 2.05) is 18.2 Å². The minimum Gasteiger partial charge on any atom is -0.448 e. The molecule has 2 aliphatic heterocycles. The summed E-state index contributed by atoms with van der Waals surface area (Å²) in [5.41, 5.74) is -3.88. The molecule has 0 radical (unpaired) electrons. The van der Waals surface area contributed by atoms with E-state index in [9.17, 15) is 29.0 Å². The van der Waals surface area contributed by atoms with E-state index in [0.29, 0.717) is 0 Å². The number of nitriles is 3. The van der Waals surface area contributed by atoms with Crippen LogP contribution in [0.4, 0.5) is 13.2 Å². The number of nitrogens with one attached hydrogen (secondary N) is 1. The number of ether oxygens (including phenoxy) is 3. The maximum absolute atomic E-state index is 12.4. The van der Waals surface area contributed by atoms with Crippen molar-refractivity contribution in [1.29, 1.82) is 21.2 Å². The number of rotatable bonds is 2. The van der Waals surface area contributed by atoms with Gasteiger partial charge in [-0.3, -0.25) is 5.41 Å². The zero-order chi connectivity index (χ0) is 21.0. The van der Waals surface area contributed by atoms with Crippen molar-refractivity contribution in [3.63, 3.8) is 0 Å². The number of halogens is 3. The summed E-state index contributed by atoms with van der Waals surface area (Å²) in [7, 11) is 0. The lowest BCUT2D eigenvalue weighted by molar-refractivity contribution is -0.274. The molecule has 2 heterocycles. The van der Waals surface area contributed by atoms with E-state index in [2.05, 4.69) is 4.74 Å². The van der Waals surface area contributed by atoms with Crippen molar-refractivity contribution >= 4 is 5.90 Å². The van der Waals surface area contributed by atoms with Crippen LogP contribution < -0.4 is 4.74 Å². The Balaban J connectivity index is 2.14.